The van der Waals surface area contributed by atoms with Crippen LogP contribution in [0.1, 0.15) is 33.6 Å². The van der Waals surface area contributed by atoms with E-state index >= 15 is 0 Å². The van der Waals surface area contributed by atoms with Gasteiger partial charge in [-0.3, -0.25) is 4.79 Å². The minimum Gasteiger partial charge on any atom is -0.298 e. The normalized spacial score (nSPS) is 11.6. The first-order chi connectivity index (χ1) is 4.54. The highest BCUT2D eigenvalue weighted by Crippen LogP contribution is 2.23. The van der Waals surface area contributed by atoms with Gasteiger partial charge in [-0.05, 0) is 26.5 Å². The Balaban J connectivity index is 3.91. The van der Waals surface area contributed by atoms with Gasteiger partial charge in [0, 0.05) is 6.42 Å². The number of carbonyl (C=O) groups is 1. The van der Waals surface area contributed by atoms with Crippen LogP contribution in [0.5, 0.6) is 0 Å². The molecule has 0 saturated heterocycles. The summed E-state index contributed by atoms with van der Waals surface area (Å²) < 4.78 is -0.171. The number of Topliss-reactive ketones (excluding diaryl/α,β-unsaturated/α-hetero) is 1. The van der Waals surface area contributed by atoms with Gasteiger partial charge in [-0.1, -0.05) is 6.92 Å². The molecule has 0 aliphatic heterocycles. The smallest absolute Gasteiger partial charge is 0.148 e. The average Bonchev–Trinajstić information content (AvgIpc) is 1.89. The zero-order chi connectivity index (χ0) is 8.20. The van der Waals surface area contributed by atoms with E-state index in [1.165, 1.54) is 0 Å². The van der Waals surface area contributed by atoms with Crippen molar-refractivity contribution in [1.82, 2.24) is 0 Å². The predicted molar refractivity (Wildman–Crippen MR) is 47.5 cm³/mol. The maximum atomic E-state index is 11.3. The maximum Gasteiger partial charge on any atom is 0.148 e. The molecule has 10 heavy (non-hydrogen) atoms. The summed E-state index contributed by atoms with van der Waals surface area (Å²) in [5.41, 5.74) is 0. The number of thioether (sulfide) groups is 1. The van der Waals surface area contributed by atoms with Gasteiger partial charge in [-0.2, -0.15) is 11.8 Å². The molecule has 0 aliphatic carbocycles. The Kier molecular flexibility index (Phi) is 4.02. The zero-order valence-corrected chi connectivity index (χ0v) is 8.05. The average molecular weight is 160 g/mol. The number of ketones is 1. The lowest BCUT2D eigenvalue weighted by molar-refractivity contribution is -0.120. The van der Waals surface area contributed by atoms with E-state index in [1.54, 1.807) is 11.8 Å². The van der Waals surface area contributed by atoms with Gasteiger partial charge in [0.25, 0.3) is 0 Å². The highest BCUT2D eigenvalue weighted by molar-refractivity contribution is 8.00. The number of carbonyl (C=O) groups excluding carboxylic acids is 1. The van der Waals surface area contributed by atoms with Gasteiger partial charge in [-0.15, -0.1) is 0 Å². The van der Waals surface area contributed by atoms with Crippen LogP contribution in [0.4, 0.5) is 0 Å². The standard InChI is InChI=1S/C8H16OS/c1-5-6-7(9)8(2,3)10-4/h5-6H2,1-4H3. The van der Waals surface area contributed by atoms with Crippen molar-refractivity contribution in [3.63, 3.8) is 0 Å². The monoisotopic (exact) mass is 160 g/mol. The fraction of sp³-hybridized carbons (Fsp3) is 0.875. The molecule has 0 heterocycles. The Morgan fingerprint density at radius 2 is 2.00 bits per heavy atom. The van der Waals surface area contributed by atoms with Gasteiger partial charge in [0.05, 0.1) is 4.75 Å². The van der Waals surface area contributed by atoms with Gasteiger partial charge < -0.3 is 0 Å². The lowest BCUT2D eigenvalue weighted by Gasteiger charge is -2.19. The van der Waals surface area contributed by atoms with E-state index in [0.29, 0.717) is 12.2 Å². The number of rotatable bonds is 4. The van der Waals surface area contributed by atoms with Gasteiger partial charge in [0.15, 0.2) is 0 Å². The van der Waals surface area contributed by atoms with Crippen LogP contribution in [0.2, 0.25) is 0 Å². The van der Waals surface area contributed by atoms with Gasteiger partial charge in [-0.25, -0.2) is 0 Å². The van der Waals surface area contributed by atoms with E-state index in [9.17, 15) is 4.79 Å². The van der Waals surface area contributed by atoms with Crippen molar-refractivity contribution in [3.05, 3.63) is 0 Å². The lowest BCUT2D eigenvalue weighted by Crippen LogP contribution is -2.26. The fourth-order valence-electron chi connectivity index (χ4n) is 0.642. The van der Waals surface area contributed by atoms with Crippen LogP contribution in [0.15, 0.2) is 0 Å². The van der Waals surface area contributed by atoms with Gasteiger partial charge >= 0.3 is 0 Å². The van der Waals surface area contributed by atoms with Crippen molar-refractivity contribution in [2.24, 2.45) is 0 Å². The van der Waals surface area contributed by atoms with E-state index in [1.807, 2.05) is 27.0 Å². The number of hydrogen-bond acceptors (Lipinski definition) is 2. The van der Waals surface area contributed by atoms with E-state index in [4.69, 9.17) is 0 Å². The van der Waals surface area contributed by atoms with Crippen LogP contribution >= 0.6 is 11.8 Å². The summed E-state index contributed by atoms with van der Waals surface area (Å²) in [4.78, 5) is 11.3. The van der Waals surface area contributed by atoms with E-state index in [0.717, 1.165) is 6.42 Å². The largest absolute Gasteiger partial charge is 0.298 e. The third-order valence-electron chi connectivity index (χ3n) is 1.66. The Bertz CT molecular complexity index is 118. The third-order valence-corrected chi connectivity index (χ3v) is 2.91. The first-order valence-corrected chi connectivity index (χ1v) is 4.85. The fourth-order valence-corrected chi connectivity index (χ4v) is 0.972. The van der Waals surface area contributed by atoms with E-state index in [2.05, 4.69) is 0 Å². The SMILES string of the molecule is CCCC(=O)C(C)(C)SC. The van der Waals surface area contributed by atoms with Crippen LogP contribution in [0.3, 0.4) is 0 Å². The molecular formula is C8H16OS. The molecule has 0 aliphatic rings. The van der Waals surface area contributed by atoms with Crippen LogP contribution in [-0.4, -0.2) is 16.8 Å². The van der Waals surface area contributed by atoms with Gasteiger partial charge in [0.2, 0.25) is 0 Å². The summed E-state index contributed by atoms with van der Waals surface area (Å²) >= 11 is 1.63. The first-order valence-electron chi connectivity index (χ1n) is 3.63. The van der Waals surface area contributed by atoms with Crippen molar-refractivity contribution in [2.75, 3.05) is 6.26 Å². The molecule has 0 saturated carbocycles. The van der Waals surface area contributed by atoms with Crippen LogP contribution in [0.25, 0.3) is 0 Å². The molecule has 2 heteroatoms. The summed E-state index contributed by atoms with van der Waals surface area (Å²) in [5, 5.41) is 0. The van der Waals surface area contributed by atoms with Crippen molar-refractivity contribution in [3.8, 4) is 0 Å². The molecule has 0 radical (unpaired) electrons. The lowest BCUT2D eigenvalue weighted by atomic mass is 10.0. The van der Waals surface area contributed by atoms with E-state index < -0.39 is 0 Å². The molecular weight excluding hydrogens is 144 g/mol. The molecule has 1 nitrogen and oxygen atoms in total. The summed E-state index contributed by atoms with van der Waals surface area (Å²) in [5.74, 6) is 0.363. The molecule has 0 bridgehead atoms. The molecule has 0 fully saturated rings. The highest BCUT2D eigenvalue weighted by Gasteiger charge is 2.24. The Morgan fingerprint density at radius 1 is 1.50 bits per heavy atom. The van der Waals surface area contributed by atoms with E-state index in [-0.39, 0.29) is 4.75 Å². The molecule has 0 rings (SSSR count). The molecule has 0 aromatic rings. The van der Waals surface area contributed by atoms with Crippen LogP contribution in [0, 0.1) is 0 Å². The summed E-state index contributed by atoms with van der Waals surface area (Å²) in [6.07, 6.45) is 3.66. The maximum absolute atomic E-state index is 11.3. The Labute approximate surface area is 67.6 Å². The topological polar surface area (TPSA) is 17.1 Å². The molecule has 0 aromatic heterocycles. The first kappa shape index (κ1) is 10.0. The van der Waals surface area contributed by atoms with Crippen LogP contribution in [-0.2, 0) is 4.79 Å². The quantitative estimate of drug-likeness (QED) is 0.628. The van der Waals surface area contributed by atoms with Crippen molar-refractivity contribution in [2.45, 2.75) is 38.4 Å². The Morgan fingerprint density at radius 3 is 2.30 bits per heavy atom. The zero-order valence-electron chi connectivity index (χ0n) is 7.23. The van der Waals surface area contributed by atoms with Crippen molar-refractivity contribution < 1.29 is 4.79 Å². The van der Waals surface area contributed by atoms with Crippen LogP contribution < -0.4 is 0 Å². The molecule has 60 valence electrons. The summed E-state index contributed by atoms with van der Waals surface area (Å²) in [6, 6.07) is 0. The van der Waals surface area contributed by atoms with Crippen molar-refractivity contribution in [1.29, 1.82) is 0 Å². The highest BCUT2D eigenvalue weighted by atomic mass is 32.2. The molecule has 0 spiro atoms. The minimum absolute atomic E-state index is 0.171. The molecule has 0 unspecified atom stereocenters. The molecule has 0 aromatic carbocycles. The summed E-state index contributed by atoms with van der Waals surface area (Å²) in [7, 11) is 0. The second kappa shape index (κ2) is 4.02. The van der Waals surface area contributed by atoms with Crippen molar-refractivity contribution >= 4 is 17.5 Å². The minimum atomic E-state index is -0.171. The third kappa shape index (κ3) is 2.74. The second-order valence-electron chi connectivity index (χ2n) is 2.89. The summed E-state index contributed by atoms with van der Waals surface area (Å²) in [6.45, 7) is 6.00. The molecule has 0 N–H and O–H groups in total. The molecule has 0 amide bonds. The number of hydrogen-bond donors (Lipinski definition) is 0. The Hall–Kier alpha value is 0.0200. The molecule has 0 atom stereocenters. The second-order valence-corrected chi connectivity index (χ2v) is 4.32. The van der Waals surface area contributed by atoms with Gasteiger partial charge in [0.1, 0.15) is 5.78 Å². The predicted octanol–water partition coefficient (Wildman–Crippen LogP) is 2.50.